The molecule has 0 aliphatic heterocycles. The number of nitro benzene ring substituents is 1. The molecule has 8 heteroatoms. The number of carboxylic acid groups (broad SMARTS) is 1. The molecule has 0 saturated heterocycles. The highest BCUT2D eigenvalue weighted by atomic mass is 35.5. The van der Waals surface area contributed by atoms with E-state index >= 15 is 0 Å². The van der Waals surface area contributed by atoms with Gasteiger partial charge in [-0.05, 0) is 18.2 Å². The molecule has 0 aliphatic rings. The molecule has 0 aliphatic carbocycles. The lowest BCUT2D eigenvalue weighted by molar-refractivity contribution is -0.384. The molecule has 0 amide bonds. The van der Waals surface area contributed by atoms with Crippen LogP contribution < -0.4 is 5.43 Å². The Morgan fingerprint density at radius 2 is 2.09 bits per heavy atom. The van der Waals surface area contributed by atoms with Crippen LogP contribution in [0.25, 0.3) is 0 Å². The number of non-ortho nitro benzene ring substituents is 1. The van der Waals surface area contributed by atoms with Crippen molar-refractivity contribution in [1.82, 2.24) is 0 Å². The second-order valence-corrected chi connectivity index (χ2v) is 4.63. The van der Waals surface area contributed by atoms with Gasteiger partial charge in [-0.3, -0.25) is 15.5 Å². The van der Waals surface area contributed by atoms with Gasteiger partial charge >= 0.3 is 5.97 Å². The Morgan fingerprint density at radius 1 is 1.32 bits per heavy atom. The van der Waals surface area contributed by atoms with Crippen molar-refractivity contribution in [2.75, 3.05) is 5.43 Å². The summed E-state index contributed by atoms with van der Waals surface area (Å²) in [6, 6.07) is 10.3. The van der Waals surface area contributed by atoms with Crippen LogP contribution in [0.5, 0.6) is 0 Å². The number of nitro groups is 1. The third kappa shape index (κ3) is 3.80. The number of carboxylic acids is 1. The van der Waals surface area contributed by atoms with Gasteiger partial charge in [-0.15, -0.1) is 0 Å². The van der Waals surface area contributed by atoms with E-state index in [4.69, 9.17) is 16.7 Å². The molecule has 0 atom stereocenters. The van der Waals surface area contributed by atoms with E-state index in [2.05, 4.69) is 10.5 Å². The molecule has 2 N–H and O–H groups in total. The largest absolute Gasteiger partial charge is 0.478 e. The number of nitrogens with zero attached hydrogens (tertiary/aromatic N) is 2. The summed E-state index contributed by atoms with van der Waals surface area (Å²) in [4.78, 5) is 21.1. The molecule has 0 fully saturated rings. The summed E-state index contributed by atoms with van der Waals surface area (Å²) in [6.45, 7) is 0. The number of nitrogens with one attached hydrogen (secondary N) is 1. The number of hydrogen-bond donors (Lipinski definition) is 2. The first-order valence-electron chi connectivity index (χ1n) is 6.04. The molecular weight excluding hydrogens is 310 g/mol. The molecule has 2 rings (SSSR count). The average molecular weight is 320 g/mol. The number of benzene rings is 2. The maximum absolute atomic E-state index is 11.0. The molecule has 0 radical (unpaired) electrons. The molecule has 0 unspecified atom stereocenters. The Bertz CT molecular complexity index is 762. The molecule has 2 aromatic carbocycles. The number of rotatable bonds is 5. The third-order valence-corrected chi connectivity index (χ3v) is 3.01. The van der Waals surface area contributed by atoms with Gasteiger partial charge in [0.15, 0.2) is 0 Å². The van der Waals surface area contributed by atoms with Gasteiger partial charge in [0.25, 0.3) is 5.69 Å². The fourth-order valence-corrected chi connectivity index (χ4v) is 1.86. The van der Waals surface area contributed by atoms with Crippen molar-refractivity contribution in [2.24, 2.45) is 5.10 Å². The lowest BCUT2D eigenvalue weighted by Crippen LogP contribution is -1.99. The van der Waals surface area contributed by atoms with Crippen LogP contribution in [0.1, 0.15) is 15.9 Å². The Kier molecular flexibility index (Phi) is 4.70. The van der Waals surface area contributed by atoms with E-state index < -0.39 is 10.9 Å². The lowest BCUT2D eigenvalue weighted by atomic mass is 10.2. The van der Waals surface area contributed by atoms with Gasteiger partial charge in [0.05, 0.1) is 27.4 Å². The van der Waals surface area contributed by atoms with Crippen molar-refractivity contribution in [1.29, 1.82) is 0 Å². The molecule has 2 aromatic rings. The highest BCUT2D eigenvalue weighted by molar-refractivity contribution is 6.33. The summed E-state index contributed by atoms with van der Waals surface area (Å²) >= 11 is 5.76. The van der Waals surface area contributed by atoms with Gasteiger partial charge in [-0.2, -0.15) is 5.10 Å². The van der Waals surface area contributed by atoms with Crippen molar-refractivity contribution in [3.8, 4) is 0 Å². The third-order valence-electron chi connectivity index (χ3n) is 2.69. The van der Waals surface area contributed by atoms with Crippen molar-refractivity contribution >= 4 is 35.2 Å². The molecule has 0 heterocycles. The van der Waals surface area contributed by atoms with E-state index in [9.17, 15) is 14.9 Å². The quantitative estimate of drug-likeness (QED) is 0.499. The monoisotopic (exact) mass is 319 g/mol. The molecule has 0 saturated carbocycles. The Balaban J connectivity index is 2.13. The number of carbonyl (C=O) groups is 1. The van der Waals surface area contributed by atoms with E-state index in [1.807, 2.05) is 0 Å². The SMILES string of the molecule is O=C(O)c1cc(NN=Cc2cccc([N+](=O)[O-])c2)ccc1Cl. The topological polar surface area (TPSA) is 105 Å². The van der Waals surface area contributed by atoms with Crippen LogP contribution in [0, 0.1) is 10.1 Å². The van der Waals surface area contributed by atoms with Gasteiger partial charge in [-0.1, -0.05) is 23.7 Å². The molecule has 0 spiro atoms. The van der Waals surface area contributed by atoms with Crippen molar-refractivity contribution in [3.05, 3.63) is 68.7 Å². The lowest BCUT2D eigenvalue weighted by Gasteiger charge is -2.03. The fourth-order valence-electron chi connectivity index (χ4n) is 1.66. The zero-order valence-electron chi connectivity index (χ0n) is 11.1. The molecule has 7 nitrogen and oxygen atoms in total. The Morgan fingerprint density at radius 3 is 2.77 bits per heavy atom. The van der Waals surface area contributed by atoms with Gasteiger partial charge < -0.3 is 5.11 Å². The molecular formula is C14H10ClN3O4. The van der Waals surface area contributed by atoms with Crippen LogP contribution in [0.4, 0.5) is 11.4 Å². The number of anilines is 1. The highest BCUT2D eigenvalue weighted by Gasteiger charge is 2.09. The summed E-state index contributed by atoms with van der Waals surface area (Å²) in [5.74, 6) is -1.14. The van der Waals surface area contributed by atoms with Crippen LogP contribution in [0.3, 0.4) is 0 Å². The summed E-state index contributed by atoms with van der Waals surface area (Å²) in [6.07, 6.45) is 1.39. The number of hydrazone groups is 1. The summed E-state index contributed by atoms with van der Waals surface area (Å²) in [5.41, 5.74) is 3.53. The van der Waals surface area contributed by atoms with Crippen LogP contribution in [0.15, 0.2) is 47.6 Å². The Hall–Kier alpha value is -2.93. The number of halogens is 1. The Labute approximate surface area is 130 Å². The fraction of sp³-hybridized carbons (Fsp3) is 0. The zero-order valence-corrected chi connectivity index (χ0v) is 11.8. The van der Waals surface area contributed by atoms with Crippen LogP contribution >= 0.6 is 11.6 Å². The standard InChI is InChI=1S/C14H10ClN3O4/c15-13-5-4-10(7-12(13)14(19)20)17-16-8-9-2-1-3-11(6-9)18(21)22/h1-8,17H,(H,19,20). The predicted molar refractivity (Wildman–Crippen MR) is 82.7 cm³/mol. The molecule has 0 bridgehead atoms. The van der Waals surface area contributed by atoms with E-state index in [-0.39, 0.29) is 16.3 Å². The van der Waals surface area contributed by atoms with Gasteiger partial charge in [-0.25, -0.2) is 4.79 Å². The number of aromatic carboxylic acids is 1. The van der Waals surface area contributed by atoms with Crippen molar-refractivity contribution in [2.45, 2.75) is 0 Å². The van der Waals surface area contributed by atoms with E-state index in [0.717, 1.165) is 0 Å². The summed E-state index contributed by atoms with van der Waals surface area (Å²) in [7, 11) is 0. The molecule has 0 aromatic heterocycles. The van der Waals surface area contributed by atoms with E-state index in [1.54, 1.807) is 18.2 Å². The number of hydrogen-bond acceptors (Lipinski definition) is 5. The minimum Gasteiger partial charge on any atom is -0.478 e. The average Bonchev–Trinajstić information content (AvgIpc) is 2.49. The summed E-state index contributed by atoms with van der Waals surface area (Å²) < 4.78 is 0. The maximum Gasteiger partial charge on any atom is 0.337 e. The van der Waals surface area contributed by atoms with Crippen molar-refractivity contribution < 1.29 is 14.8 Å². The first-order valence-corrected chi connectivity index (χ1v) is 6.41. The van der Waals surface area contributed by atoms with Gasteiger partial charge in [0.1, 0.15) is 0 Å². The first kappa shape index (κ1) is 15.5. The minimum absolute atomic E-state index is 0.0383. The van der Waals surface area contributed by atoms with Gasteiger partial charge in [0, 0.05) is 17.7 Å². The first-order chi connectivity index (χ1) is 10.5. The highest BCUT2D eigenvalue weighted by Crippen LogP contribution is 2.20. The smallest absolute Gasteiger partial charge is 0.337 e. The second-order valence-electron chi connectivity index (χ2n) is 4.22. The van der Waals surface area contributed by atoms with Crippen LogP contribution in [0.2, 0.25) is 5.02 Å². The minimum atomic E-state index is -1.14. The molecule has 112 valence electrons. The molecule has 22 heavy (non-hydrogen) atoms. The van der Waals surface area contributed by atoms with Crippen molar-refractivity contribution in [3.63, 3.8) is 0 Å². The van der Waals surface area contributed by atoms with Gasteiger partial charge in [0.2, 0.25) is 0 Å². The van der Waals surface area contributed by atoms with E-state index in [0.29, 0.717) is 11.3 Å². The van der Waals surface area contributed by atoms with Crippen LogP contribution in [-0.2, 0) is 0 Å². The maximum atomic E-state index is 11.0. The normalized spacial score (nSPS) is 10.6. The zero-order chi connectivity index (χ0) is 16.1. The van der Waals surface area contributed by atoms with E-state index in [1.165, 1.54) is 30.5 Å². The summed E-state index contributed by atoms with van der Waals surface area (Å²) in [5, 5.41) is 23.7. The predicted octanol–water partition coefficient (Wildman–Crippen LogP) is 3.39. The second kappa shape index (κ2) is 6.68. The van der Waals surface area contributed by atoms with Crippen LogP contribution in [-0.4, -0.2) is 22.2 Å².